The minimum absolute atomic E-state index is 0.00549. The number of nitrogens with zero attached hydrogens (tertiary/aromatic N) is 2. The number of nitrogens with one attached hydrogen (secondary N) is 2. The number of hydrogen-bond acceptors (Lipinski definition) is 4. The quantitative estimate of drug-likeness (QED) is 0.653. The van der Waals surface area contributed by atoms with Crippen molar-refractivity contribution in [2.45, 2.75) is 25.3 Å². The molecule has 0 aliphatic carbocycles. The number of hydrogen-bond donors (Lipinski definition) is 3. The van der Waals surface area contributed by atoms with Crippen LogP contribution in [0, 0.1) is 0 Å². The molecule has 0 aromatic rings. The predicted octanol–water partition coefficient (Wildman–Crippen LogP) is -0.460. The summed E-state index contributed by atoms with van der Waals surface area (Å²) in [5, 5.41) is 15.2. The van der Waals surface area contributed by atoms with E-state index in [9.17, 15) is 9.59 Å². The van der Waals surface area contributed by atoms with E-state index in [1.165, 1.54) is 0 Å². The molecule has 0 atom stereocenters. The molecule has 0 saturated carbocycles. The molecule has 2 aliphatic rings. The van der Waals surface area contributed by atoms with Gasteiger partial charge in [0.15, 0.2) is 0 Å². The molecular formula is C13H24N4O3. The number of urea groups is 1. The minimum atomic E-state index is -0.808. The molecule has 2 amide bonds. The largest absolute Gasteiger partial charge is 0.480 e. The summed E-state index contributed by atoms with van der Waals surface area (Å²) in [7, 11) is 0. The van der Waals surface area contributed by atoms with Crippen LogP contribution in [-0.4, -0.2) is 78.8 Å². The normalized spacial score (nSPS) is 22.3. The first-order valence-electron chi connectivity index (χ1n) is 7.35. The van der Waals surface area contributed by atoms with E-state index in [2.05, 4.69) is 10.6 Å². The van der Waals surface area contributed by atoms with Gasteiger partial charge in [0.2, 0.25) is 0 Å². The van der Waals surface area contributed by atoms with Crippen LogP contribution in [0.3, 0.4) is 0 Å². The Morgan fingerprint density at radius 1 is 1.15 bits per heavy atom. The van der Waals surface area contributed by atoms with Crippen LogP contribution >= 0.6 is 0 Å². The van der Waals surface area contributed by atoms with Crippen molar-refractivity contribution in [1.29, 1.82) is 0 Å². The SMILES string of the molecule is O=C(O)CN1CCCN(C(=O)NC2CCNCC2)CC1. The molecular weight excluding hydrogens is 260 g/mol. The molecule has 0 aromatic carbocycles. The Morgan fingerprint density at radius 3 is 2.60 bits per heavy atom. The zero-order valence-corrected chi connectivity index (χ0v) is 11.8. The van der Waals surface area contributed by atoms with Gasteiger partial charge in [-0.2, -0.15) is 0 Å². The molecule has 0 aromatic heterocycles. The van der Waals surface area contributed by atoms with E-state index in [-0.39, 0.29) is 18.6 Å². The summed E-state index contributed by atoms with van der Waals surface area (Å²) in [6, 6.07) is 0.260. The molecule has 2 heterocycles. The van der Waals surface area contributed by atoms with E-state index in [0.717, 1.165) is 38.9 Å². The average molecular weight is 284 g/mol. The first-order chi connectivity index (χ1) is 9.65. The first-order valence-corrected chi connectivity index (χ1v) is 7.35. The second kappa shape index (κ2) is 7.44. The molecule has 0 spiro atoms. The first kappa shape index (κ1) is 15.1. The average Bonchev–Trinajstić information content (AvgIpc) is 2.65. The van der Waals surface area contributed by atoms with E-state index < -0.39 is 5.97 Å². The van der Waals surface area contributed by atoms with Crippen LogP contribution in [0.4, 0.5) is 4.79 Å². The Balaban J connectivity index is 1.77. The van der Waals surface area contributed by atoms with Crippen molar-refractivity contribution in [3.63, 3.8) is 0 Å². The summed E-state index contributed by atoms with van der Waals surface area (Å²) in [4.78, 5) is 26.6. The summed E-state index contributed by atoms with van der Waals surface area (Å²) in [5.41, 5.74) is 0. The molecule has 7 heteroatoms. The van der Waals surface area contributed by atoms with Gasteiger partial charge < -0.3 is 20.6 Å². The van der Waals surface area contributed by atoms with Gasteiger partial charge in [-0.05, 0) is 32.4 Å². The van der Waals surface area contributed by atoms with Crippen LogP contribution in [-0.2, 0) is 4.79 Å². The number of carbonyl (C=O) groups excluding carboxylic acids is 1. The summed E-state index contributed by atoms with van der Waals surface area (Å²) in [6.07, 6.45) is 2.78. The van der Waals surface area contributed by atoms with Gasteiger partial charge >= 0.3 is 12.0 Å². The number of carbonyl (C=O) groups is 2. The Morgan fingerprint density at radius 2 is 1.90 bits per heavy atom. The van der Waals surface area contributed by atoms with Crippen molar-refractivity contribution < 1.29 is 14.7 Å². The highest BCUT2D eigenvalue weighted by molar-refractivity contribution is 5.74. The molecule has 20 heavy (non-hydrogen) atoms. The fraction of sp³-hybridized carbons (Fsp3) is 0.846. The van der Waals surface area contributed by atoms with E-state index >= 15 is 0 Å². The van der Waals surface area contributed by atoms with Gasteiger partial charge in [0.25, 0.3) is 0 Å². The lowest BCUT2D eigenvalue weighted by Crippen LogP contribution is -2.49. The summed E-state index contributed by atoms with van der Waals surface area (Å²) >= 11 is 0. The molecule has 2 fully saturated rings. The van der Waals surface area contributed by atoms with Gasteiger partial charge in [-0.25, -0.2) is 4.79 Å². The lowest BCUT2D eigenvalue weighted by molar-refractivity contribution is -0.138. The van der Waals surface area contributed by atoms with Gasteiger partial charge in [0, 0.05) is 32.2 Å². The zero-order valence-electron chi connectivity index (χ0n) is 11.8. The second-order valence-corrected chi connectivity index (χ2v) is 5.48. The van der Waals surface area contributed by atoms with Crippen LogP contribution in [0.25, 0.3) is 0 Å². The van der Waals surface area contributed by atoms with Gasteiger partial charge in [-0.1, -0.05) is 0 Å². The third kappa shape index (κ3) is 4.64. The number of amides is 2. The van der Waals surface area contributed by atoms with E-state index in [1.54, 1.807) is 0 Å². The van der Waals surface area contributed by atoms with Gasteiger partial charge in [-0.15, -0.1) is 0 Å². The number of aliphatic carboxylic acids is 1. The maximum atomic E-state index is 12.2. The highest BCUT2D eigenvalue weighted by Gasteiger charge is 2.22. The number of carboxylic acid groups (broad SMARTS) is 1. The third-order valence-corrected chi connectivity index (χ3v) is 3.90. The molecule has 2 saturated heterocycles. The van der Waals surface area contributed by atoms with Crippen LogP contribution in [0.1, 0.15) is 19.3 Å². The van der Waals surface area contributed by atoms with Crippen LogP contribution in [0.5, 0.6) is 0 Å². The third-order valence-electron chi connectivity index (χ3n) is 3.90. The Bertz CT molecular complexity index is 345. The lowest BCUT2D eigenvalue weighted by atomic mass is 10.1. The van der Waals surface area contributed by atoms with E-state index in [0.29, 0.717) is 19.6 Å². The van der Waals surface area contributed by atoms with Gasteiger partial charge in [0.1, 0.15) is 0 Å². The highest BCUT2D eigenvalue weighted by Crippen LogP contribution is 2.06. The Hall–Kier alpha value is -1.34. The maximum Gasteiger partial charge on any atom is 0.317 e. The topological polar surface area (TPSA) is 84.9 Å². The number of carboxylic acids is 1. The van der Waals surface area contributed by atoms with Gasteiger partial charge in [-0.3, -0.25) is 9.69 Å². The van der Waals surface area contributed by atoms with Crippen molar-refractivity contribution >= 4 is 12.0 Å². The summed E-state index contributed by atoms with van der Waals surface area (Å²) in [6.45, 7) is 4.64. The smallest absolute Gasteiger partial charge is 0.317 e. The van der Waals surface area contributed by atoms with Crippen LogP contribution < -0.4 is 10.6 Å². The van der Waals surface area contributed by atoms with Crippen molar-refractivity contribution in [1.82, 2.24) is 20.4 Å². The lowest BCUT2D eigenvalue weighted by Gasteiger charge is -2.28. The van der Waals surface area contributed by atoms with E-state index in [4.69, 9.17) is 5.11 Å². The monoisotopic (exact) mass is 284 g/mol. The zero-order chi connectivity index (χ0) is 14.4. The molecule has 0 unspecified atom stereocenters. The Kier molecular flexibility index (Phi) is 5.60. The molecule has 2 aliphatic heterocycles. The maximum absolute atomic E-state index is 12.2. The summed E-state index contributed by atoms with van der Waals surface area (Å²) in [5.74, 6) is -0.808. The minimum Gasteiger partial charge on any atom is -0.480 e. The second-order valence-electron chi connectivity index (χ2n) is 5.48. The number of rotatable bonds is 3. The molecule has 2 rings (SSSR count). The predicted molar refractivity (Wildman–Crippen MR) is 74.7 cm³/mol. The highest BCUT2D eigenvalue weighted by atomic mass is 16.4. The molecule has 0 radical (unpaired) electrons. The van der Waals surface area contributed by atoms with Crippen molar-refractivity contribution in [3.8, 4) is 0 Å². The van der Waals surface area contributed by atoms with Crippen LogP contribution in [0.15, 0.2) is 0 Å². The Labute approximate surface area is 119 Å². The fourth-order valence-electron chi connectivity index (χ4n) is 2.76. The molecule has 114 valence electrons. The standard InChI is InChI=1S/C13H24N4O3/c18-12(19)10-16-6-1-7-17(9-8-16)13(20)15-11-2-4-14-5-3-11/h11,14H,1-10H2,(H,15,20)(H,18,19). The van der Waals surface area contributed by atoms with Gasteiger partial charge in [0.05, 0.1) is 6.54 Å². The summed E-state index contributed by atoms with van der Waals surface area (Å²) < 4.78 is 0. The van der Waals surface area contributed by atoms with Crippen molar-refractivity contribution in [2.75, 3.05) is 45.8 Å². The molecule has 3 N–H and O–H groups in total. The molecule has 7 nitrogen and oxygen atoms in total. The molecule has 0 bridgehead atoms. The van der Waals surface area contributed by atoms with E-state index in [1.807, 2.05) is 9.80 Å². The van der Waals surface area contributed by atoms with Crippen molar-refractivity contribution in [3.05, 3.63) is 0 Å². The van der Waals surface area contributed by atoms with Crippen LogP contribution in [0.2, 0.25) is 0 Å². The fourth-order valence-corrected chi connectivity index (χ4v) is 2.76. The van der Waals surface area contributed by atoms with Crippen molar-refractivity contribution in [2.24, 2.45) is 0 Å². The number of piperidine rings is 1.